The molecule has 1 heterocycles. The zero-order valence-corrected chi connectivity index (χ0v) is 10.3. The van der Waals surface area contributed by atoms with Crippen molar-refractivity contribution in [1.82, 2.24) is 9.97 Å². The van der Waals surface area contributed by atoms with Gasteiger partial charge in [0.25, 0.3) is 0 Å². The number of nitrogens with zero attached hydrogens (tertiary/aromatic N) is 3. The molecule has 88 valence electrons. The second-order valence-electron chi connectivity index (χ2n) is 3.39. The normalized spacial score (nSPS) is 10.1. The minimum Gasteiger partial charge on any atom is -0.388 e. The highest BCUT2D eigenvalue weighted by Crippen LogP contribution is 2.07. The third-order valence-corrected chi connectivity index (χ3v) is 2.33. The Hall–Kier alpha value is -1.27. The molecule has 0 aliphatic carbocycles. The molecule has 2 N–H and O–H groups in total. The third-order valence-electron chi connectivity index (χ3n) is 2.12. The molecule has 0 unspecified atom stereocenters. The summed E-state index contributed by atoms with van der Waals surface area (Å²) in [4.78, 5) is 10.6. The van der Waals surface area contributed by atoms with Gasteiger partial charge >= 0.3 is 0 Å². The fourth-order valence-corrected chi connectivity index (χ4v) is 1.31. The molecule has 0 fully saturated rings. The van der Waals surface area contributed by atoms with Gasteiger partial charge in [-0.2, -0.15) is 0 Å². The van der Waals surface area contributed by atoms with Crippen LogP contribution in [-0.4, -0.2) is 42.3 Å². The molecule has 5 nitrogen and oxygen atoms in total. The third kappa shape index (κ3) is 3.71. The Kier molecular flexibility index (Phi) is 5.07. The standard InChI is InChI=1S/C10H16N4OS/c1-14(4-3-5-15-2)9-7-12-8(6-13-9)10(11)16/h6-7H,3-5H2,1-2H3,(H2,11,16). The maximum absolute atomic E-state index is 5.44. The molecule has 0 aliphatic heterocycles. The Balaban J connectivity index is 2.56. The number of ether oxygens (including phenoxy) is 1. The lowest BCUT2D eigenvalue weighted by molar-refractivity contribution is 0.196. The molecule has 0 atom stereocenters. The van der Waals surface area contributed by atoms with Gasteiger partial charge in [-0.05, 0) is 6.42 Å². The van der Waals surface area contributed by atoms with Gasteiger partial charge in [0, 0.05) is 27.3 Å². The molecule has 16 heavy (non-hydrogen) atoms. The number of thiocarbonyl (C=S) groups is 1. The van der Waals surface area contributed by atoms with E-state index in [0.29, 0.717) is 5.69 Å². The predicted molar refractivity (Wildman–Crippen MR) is 67.7 cm³/mol. The topological polar surface area (TPSA) is 64.3 Å². The number of rotatable bonds is 6. The summed E-state index contributed by atoms with van der Waals surface area (Å²) in [6.45, 7) is 1.61. The van der Waals surface area contributed by atoms with Crippen molar-refractivity contribution in [1.29, 1.82) is 0 Å². The largest absolute Gasteiger partial charge is 0.388 e. The molecule has 1 aromatic heterocycles. The van der Waals surface area contributed by atoms with Crippen LogP contribution in [0.5, 0.6) is 0 Å². The molecule has 0 bridgehead atoms. The summed E-state index contributed by atoms with van der Waals surface area (Å²) >= 11 is 4.80. The van der Waals surface area contributed by atoms with Crippen LogP contribution in [0.4, 0.5) is 5.82 Å². The number of hydrogen-bond donors (Lipinski definition) is 1. The first kappa shape index (κ1) is 12.8. The van der Waals surface area contributed by atoms with Gasteiger partial charge in [-0.3, -0.25) is 0 Å². The van der Waals surface area contributed by atoms with E-state index in [1.54, 1.807) is 19.5 Å². The highest BCUT2D eigenvalue weighted by molar-refractivity contribution is 7.80. The molecule has 1 aromatic rings. The highest BCUT2D eigenvalue weighted by Gasteiger charge is 2.04. The van der Waals surface area contributed by atoms with Crippen molar-refractivity contribution in [3.05, 3.63) is 18.1 Å². The zero-order valence-electron chi connectivity index (χ0n) is 9.51. The summed E-state index contributed by atoms with van der Waals surface area (Å²) in [5, 5.41) is 0. The van der Waals surface area contributed by atoms with E-state index in [1.807, 2.05) is 11.9 Å². The van der Waals surface area contributed by atoms with Crippen LogP contribution in [0.3, 0.4) is 0 Å². The van der Waals surface area contributed by atoms with Crippen molar-refractivity contribution in [3.8, 4) is 0 Å². The Labute approximate surface area is 101 Å². The molecule has 0 aromatic carbocycles. The lowest BCUT2D eigenvalue weighted by Gasteiger charge is -2.17. The number of aromatic nitrogens is 2. The number of anilines is 1. The minimum atomic E-state index is 0.265. The summed E-state index contributed by atoms with van der Waals surface area (Å²) in [6.07, 6.45) is 4.21. The van der Waals surface area contributed by atoms with Gasteiger partial charge in [0.15, 0.2) is 0 Å². The van der Waals surface area contributed by atoms with E-state index in [4.69, 9.17) is 22.7 Å². The van der Waals surface area contributed by atoms with Crippen LogP contribution in [0.25, 0.3) is 0 Å². The second kappa shape index (κ2) is 6.34. The summed E-state index contributed by atoms with van der Waals surface area (Å²) in [5.41, 5.74) is 5.98. The molecule has 0 saturated carbocycles. The van der Waals surface area contributed by atoms with Crippen LogP contribution in [0, 0.1) is 0 Å². The van der Waals surface area contributed by atoms with Crippen molar-refractivity contribution in [2.24, 2.45) is 5.73 Å². The van der Waals surface area contributed by atoms with Crippen LogP contribution in [0.2, 0.25) is 0 Å². The van der Waals surface area contributed by atoms with Gasteiger partial charge in [-0.1, -0.05) is 12.2 Å². The Morgan fingerprint density at radius 3 is 2.75 bits per heavy atom. The van der Waals surface area contributed by atoms with Crippen molar-refractivity contribution in [2.45, 2.75) is 6.42 Å². The van der Waals surface area contributed by atoms with Crippen LogP contribution in [0.15, 0.2) is 12.4 Å². The van der Waals surface area contributed by atoms with Crippen molar-refractivity contribution in [3.63, 3.8) is 0 Å². The Bertz CT molecular complexity index is 341. The summed E-state index contributed by atoms with van der Waals surface area (Å²) in [6, 6.07) is 0. The minimum absolute atomic E-state index is 0.265. The Morgan fingerprint density at radius 2 is 2.25 bits per heavy atom. The van der Waals surface area contributed by atoms with Gasteiger partial charge in [-0.15, -0.1) is 0 Å². The predicted octanol–water partition coefficient (Wildman–Crippen LogP) is 0.584. The van der Waals surface area contributed by atoms with Crippen LogP contribution in [0.1, 0.15) is 12.1 Å². The molecule has 0 saturated heterocycles. The van der Waals surface area contributed by atoms with Crippen molar-refractivity contribution >= 4 is 23.0 Å². The average molecular weight is 240 g/mol. The summed E-state index contributed by atoms with van der Waals surface area (Å²) in [7, 11) is 3.65. The van der Waals surface area contributed by atoms with E-state index >= 15 is 0 Å². The van der Waals surface area contributed by atoms with Crippen LogP contribution < -0.4 is 10.6 Å². The van der Waals surface area contributed by atoms with Crippen molar-refractivity contribution < 1.29 is 4.74 Å². The van der Waals surface area contributed by atoms with E-state index in [2.05, 4.69) is 9.97 Å². The molecule has 0 amide bonds. The van der Waals surface area contributed by atoms with Gasteiger partial charge in [0.05, 0.1) is 12.4 Å². The quantitative estimate of drug-likeness (QED) is 0.580. The van der Waals surface area contributed by atoms with Gasteiger partial charge in [-0.25, -0.2) is 9.97 Å². The van der Waals surface area contributed by atoms with Crippen molar-refractivity contribution in [2.75, 3.05) is 32.2 Å². The number of hydrogen-bond acceptors (Lipinski definition) is 5. The second-order valence-corrected chi connectivity index (χ2v) is 3.83. The molecule has 0 radical (unpaired) electrons. The maximum atomic E-state index is 5.44. The van der Waals surface area contributed by atoms with E-state index in [1.165, 1.54) is 0 Å². The number of methoxy groups -OCH3 is 1. The van der Waals surface area contributed by atoms with Crippen LogP contribution >= 0.6 is 12.2 Å². The first-order chi connectivity index (χ1) is 7.65. The monoisotopic (exact) mass is 240 g/mol. The lowest BCUT2D eigenvalue weighted by atomic mass is 10.4. The van der Waals surface area contributed by atoms with E-state index in [-0.39, 0.29) is 4.99 Å². The first-order valence-electron chi connectivity index (χ1n) is 4.97. The van der Waals surface area contributed by atoms with Gasteiger partial charge in [0.2, 0.25) is 0 Å². The SMILES string of the molecule is COCCCN(C)c1cnc(C(N)=S)cn1. The fraction of sp³-hybridized carbons (Fsp3) is 0.500. The van der Waals surface area contributed by atoms with E-state index < -0.39 is 0 Å². The summed E-state index contributed by atoms with van der Waals surface area (Å²) in [5.74, 6) is 0.802. The van der Waals surface area contributed by atoms with E-state index in [0.717, 1.165) is 25.4 Å². The highest BCUT2D eigenvalue weighted by atomic mass is 32.1. The molecule has 6 heteroatoms. The molecule has 1 rings (SSSR count). The van der Waals surface area contributed by atoms with Crippen LogP contribution in [-0.2, 0) is 4.74 Å². The number of nitrogens with two attached hydrogens (primary N) is 1. The summed E-state index contributed by atoms with van der Waals surface area (Å²) < 4.78 is 4.98. The first-order valence-corrected chi connectivity index (χ1v) is 5.38. The lowest BCUT2D eigenvalue weighted by Crippen LogP contribution is -2.21. The maximum Gasteiger partial charge on any atom is 0.146 e. The molecule has 0 aliphatic rings. The zero-order chi connectivity index (χ0) is 12.0. The average Bonchev–Trinajstić information content (AvgIpc) is 2.29. The Morgan fingerprint density at radius 1 is 1.50 bits per heavy atom. The molecule has 0 spiro atoms. The fourth-order valence-electron chi connectivity index (χ4n) is 1.21. The molecular formula is C10H16N4OS. The van der Waals surface area contributed by atoms with Gasteiger partial charge < -0.3 is 15.4 Å². The molecular weight excluding hydrogens is 224 g/mol. The smallest absolute Gasteiger partial charge is 0.146 e. The van der Waals surface area contributed by atoms with E-state index in [9.17, 15) is 0 Å². The van der Waals surface area contributed by atoms with Gasteiger partial charge in [0.1, 0.15) is 16.5 Å².